The van der Waals surface area contributed by atoms with E-state index >= 15 is 0 Å². The van der Waals surface area contributed by atoms with Crippen molar-refractivity contribution in [1.82, 2.24) is 4.90 Å². The highest BCUT2D eigenvalue weighted by Crippen LogP contribution is 2.38. The van der Waals surface area contributed by atoms with E-state index in [0.717, 1.165) is 52.0 Å². The van der Waals surface area contributed by atoms with E-state index in [-0.39, 0.29) is 11.5 Å². The summed E-state index contributed by atoms with van der Waals surface area (Å²) in [6.45, 7) is 5.28. The number of ether oxygens (including phenoxy) is 2. The van der Waals surface area contributed by atoms with Crippen LogP contribution in [0.5, 0.6) is 0 Å². The lowest BCUT2D eigenvalue weighted by atomic mass is 9.79. The minimum atomic E-state index is -0.0744. The Morgan fingerprint density at radius 3 is 2.92 bits per heavy atom. The van der Waals surface area contributed by atoms with Crippen molar-refractivity contribution in [2.75, 3.05) is 33.4 Å². The number of hydrogen-bond acceptors (Lipinski definition) is 3. The van der Waals surface area contributed by atoms with Crippen LogP contribution in [-0.4, -0.2) is 49.8 Å². The molecule has 2 aliphatic heterocycles. The first-order chi connectivity index (χ1) is 11.6. The van der Waals surface area contributed by atoms with Crippen molar-refractivity contribution in [1.29, 1.82) is 0 Å². The molecule has 1 aromatic rings. The number of hydrogen-bond donors (Lipinski definition) is 0. The van der Waals surface area contributed by atoms with Gasteiger partial charge in [0.15, 0.2) is 0 Å². The SMILES string of the molecule is COCC[C@H]1CCOC2(C1)CN(C(=O)CCc1ccccc1C)C2. The zero-order valence-electron chi connectivity index (χ0n) is 14.9. The summed E-state index contributed by atoms with van der Waals surface area (Å²) in [7, 11) is 1.76. The lowest BCUT2D eigenvalue weighted by Crippen LogP contribution is -2.66. The molecule has 1 atom stereocenters. The van der Waals surface area contributed by atoms with Gasteiger partial charge in [0, 0.05) is 26.7 Å². The molecule has 0 N–H and O–H groups in total. The molecule has 1 spiro atoms. The van der Waals surface area contributed by atoms with Crippen LogP contribution in [0.15, 0.2) is 24.3 Å². The molecule has 3 rings (SSSR count). The van der Waals surface area contributed by atoms with Gasteiger partial charge < -0.3 is 14.4 Å². The van der Waals surface area contributed by atoms with Crippen LogP contribution in [-0.2, 0) is 20.7 Å². The predicted molar refractivity (Wildman–Crippen MR) is 94.0 cm³/mol. The highest BCUT2D eigenvalue weighted by Gasteiger charge is 2.48. The molecule has 2 heterocycles. The first-order valence-corrected chi connectivity index (χ1v) is 9.07. The standard InChI is InChI=1S/C20H29NO3/c1-16-5-3-4-6-18(16)7-8-19(22)21-14-20(15-21)13-17(9-11-23-2)10-12-24-20/h3-6,17H,7-15H2,1-2H3/t17-/m0/s1. The van der Waals surface area contributed by atoms with Crippen molar-refractivity contribution >= 4 is 5.91 Å². The third kappa shape index (κ3) is 3.98. The molecule has 132 valence electrons. The smallest absolute Gasteiger partial charge is 0.223 e. The first-order valence-electron chi connectivity index (χ1n) is 9.07. The fraction of sp³-hybridized carbons (Fsp3) is 0.650. The molecule has 0 aromatic heterocycles. The summed E-state index contributed by atoms with van der Waals surface area (Å²) < 4.78 is 11.2. The topological polar surface area (TPSA) is 38.8 Å². The zero-order chi connectivity index (χ0) is 17.0. The van der Waals surface area contributed by atoms with Crippen LogP contribution in [0.25, 0.3) is 0 Å². The molecule has 1 aromatic carbocycles. The fourth-order valence-corrected chi connectivity index (χ4v) is 4.00. The Bertz CT molecular complexity index is 566. The van der Waals surface area contributed by atoms with E-state index in [0.29, 0.717) is 12.3 Å². The molecule has 1 amide bonds. The lowest BCUT2D eigenvalue weighted by molar-refractivity contribution is -0.189. The second-order valence-electron chi connectivity index (χ2n) is 7.35. The maximum absolute atomic E-state index is 12.4. The van der Waals surface area contributed by atoms with Crippen LogP contribution in [0.3, 0.4) is 0 Å². The van der Waals surface area contributed by atoms with Gasteiger partial charge in [-0.05, 0) is 49.7 Å². The van der Waals surface area contributed by atoms with E-state index in [1.807, 2.05) is 17.0 Å². The maximum Gasteiger partial charge on any atom is 0.223 e. The first kappa shape index (κ1) is 17.4. The fourth-order valence-electron chi connectivity index (χ4n) is 4.00. The Balaban J connectivity index is 1.45. The van der Waals surface area contributed by atoms with Crippen LogP contribution in [0.2, 0.25) is 0 Å². The van der Waals surface area contributed by atoms with Gasteiger partial charge in [0.1, 0.15) is 5.60 Å². The number of aryl methyl sites for hydroxylation is 2. The second-order valence-corrected chi connectivity index (χ2v) is 7.35. The molecule has 0 bridgehead atoms. The molecule has 4 heteroatoms. The number of nitrogens with zero attached hydrogens (tertiary/aromatic N) is 1. The van der Waals surface area contributed by atoms with Gasteiger partial charge in [0.25, 0.3) is 0 Å². The van der Waals surface area contributed by atoms with E-state index in [1.54, 1.807) is 7.11 Å². The molecular weight excluding hydrogens is 302 g/mol. The van der Waals surface area contributed by atoms with Crippen LogP contribution in [0.4, 0.5) is 0 Å². The molecule has 0 saturated carbocycles. The molecule has 2 saturated heterocycles. The molecular formula is C20H29NO3. The van der Waals surface area contributed by atoms with E-state index in [4.69, 9.17) is 9.47 Å². The highest BCUT2D eigenvalue weighted by atomic mass is 16.5. The Morgan fingerprint density at radius 1 is 1.38 bits per heavy atom. The average Bonchev–Trinajstić information content (AvgIpc) is 2.57. The van der Waals surface area contributed by atoms with Crippen molar-refractivity contribution < 1.29 is 14.3 Å². The van der Waals surface area contributed by atoms with Crippen molar-refractivity contribution in [3.05, 3.63) is 35.4 Å². The molecule has 0 radical (unpaired) electrons. The normalized spacial score (nSPS) is 22.4. The van der Waals surface area contributed by atoms with Gasteiger partial charge >= 0.3 is 0 Å². The number of methoxy groups -OCH3 is 1. The summed E-state index contributed by atoms with van der Waals surface area (Å²) in [6.07, 6.45) is 4.70. The number of benzene rings is 1. The van der Waals surface area contributed by atoms with E-state index in [9.17, 15) is 4.79 Å². The Labute approximate surface area is 145 Å². The van der Waals surface area contributed by atoms with Gasteiger partial charge in [-0.15, -0.1) is 0 Å². The van der Waals surface area contributed by atoms with E-state index in [1.165, 1.54) is 11.1 Å². The highest BCUT2D eigenvalue weighted by molar-refractivity contribution is 5.77. The Kier molecular flexibility index (Phi) is 5.57. The lowest BCUT2D eigenvalue weighted by Gasteiger charge is -2.53. The largest absolute Gasteiger partial charge is 0.385 e. The van der Waals surface area contributed by atoms with Crippen LogP contribution in [0.1, 0.15) is 36.8 Å². The van der Waals surface area contributed by atoms with Crippen molar-refractivity contribution in [3.8, 4) is 0 Å². The molecule has 0 unspecified atom stereocenters. The van der Waals surface area contributed by atoms with E-state index in [2.05, 4.69) is 19.1 Å². The van der Waals surface area contributed by atoms with Crippen molar-refractivity contribution in [2.45, 2.75) is 44.6 Å². The summed E-state index contributed by atoms with van der Waals surface area (Å²) in [5.74, 6) is 0.925. The number of likely N-dealkylation sites (tertiary alicyclic amines) is 1. The molecule has 0 aliphatic carbocycles. The van der Waals surface area contributed by atoms with Crippen LogP contribution in [0, 0.1) is 12.8 Å². The van der Waals surface area contributed by atoms with Gasteiger partial charge in [-0.2, -0.15) is 0 Å². The Morgan fingerprint density at radius 2 is 2.17 bits per heavy atom. The van der Waals surface area contributed by atoms with Gasteiger partial charge in [0.2, 0.25) is 5.91 Å². The third-order valence-electron chi connectivity index (χ3n) is 5.51. The maximum atomic E-state index is 12.4. The summed E-state index contributed by atoms with van der Waals surface area (Å²) in [5.41, 5.74) is 2.46. The van der Waals surface area contributed by atoms with Crippen molar-refractivity contribution in [2.24, 2.45) is 5.92 Å². The second kappa shape index (κ2) is 7.66. The van der Waals surface area contributed by atoms with Gasteiger partial charge in [-0.3, -0.25) is 4.79 Å². The van der Waals surface area contributed by atoms with Crippen LogP contribution < -0.4 is 0 Å². The van der Waals surface area contributed by atoms with Crippen LogP contribution >= 0.6 is 0 Å². The number of amides is 1. The van der Waals surface area contributed by atoms with Gasteiger partial charge in [-0.1, -0.05) is 24.3 Å². The number of carbonyl (C=O) groups excluding carboxylic acids is 1. The summed E-state index contributed by atoms with van der Waals surface area (Å²) >= 11 is 0. The van der Waals surface area contributed by atoms with Crippen molar-refractivity contribution in [3.63, 3.8) is 0 Å². The summed E-state index contributed by atoms with van der Waals surface area (Å²) in [6, 6.07) is 8.31. The third-order valence-corrected chi connectivity index (χ3v) is 5.51. The monoisotopic (exact) mass is 331 g/mol. The average molecular weight is 331 g/mol. The number of carbonyl (C=O) groups is 1. The zero-order valence-corrected chi connectivity index (χ0v) is 14.9. The minimum Gasteiger partial charge on any atom is -0.385 e. The summed E-state index contributed by atoms with van der Waals surface area (Å²) in [4.78, 5) is 14.4. The number of rotatable bonds is 6. The molecule has 24 heavy (non-hydrogen) atoms. The Hall–Kier alpha value is -1.39. The predicted octanol–water partition coefficient (Wildman–Crippen LogP) is 2.97. The van der Waals surface area contributed by atoms with Gasteiger partial charge in [0.05, 0.1) is 13.1 Å². The molecule has 2 fully saturated rings. The molecule has 4 nitrogen and oxygen atoms in total. The minimum absolute atomic E-state index is 0.0744. The van der Waals surface area contributed by atoms with E-state index < -0.39 is 0 Å². The quantitative estimate of drug-likeness (QED) is 0.804. The molecule has 2 aliphatic rings. The summed E-state index contributed by atoms with van der Waals surface area (Å²) in [5, 5.41) is 0. The van der Waals surface area contributed by atoms with Gasteiger partial charge in [-0.25, -0.2) is 0 Å².